The number of rotatable bonds is 7. The van der Waals surface area contributed by atoms with Gasteiger partial charge in [0.1, 0.15) is 0 Å². The predicted molar refractivity (Wildman–Crippen MR) is 118 cm³/mol. The molecule has 3 rings (SSSR count). The summed E-state index contributed by atoms with van der Waals surface area (Å²) in [6.45, 7) is 2.55. The van der Waals surface area contributed by atoms with Crippen LogP contribution in [0.3, 0.4) is 0 Å². The van der Waals surface area contributed by atoms with Crippen molar-refractivity contribution < 1.29 is 9.59 Å². The number of amides is 2. The number of carbonyl (C=O) groups excluding carboxylic acids is 2. The van der Waals surface area contributed by atoms with Gasteiger partial charge in [0, 0.05) is 19.5 Å². The standard InChI is InChI=1S/C23H23ClN4O2/c24-20-4-1-3-19(23(26)30)22(20)27-21(29)5-2-12-28-13-10-18(11-14-28)17-8-6-16(15-25)7-9-17/h1,3-4,6-10H,2,5,11-14H2,(H2,26,30)(H,27,29). The molecule has 7 heteroatoms. The normalized spacial score (nSPS) is 13.9. The van der Waals surface area contributed by atoms with Crippen molar-refractivity contribution in [3.05, 3.63) is 70.3 Å². The summed E-state index contributed by atoms with van der Waals surface area (Å²) in [7, 11) is 0. The lowest BCUT2D eigenvalue weighted by Crippen LogP contribution is -2.30. The van der Waals surface area contributed by atoms with Crippen LogP contribution in [0.25, 0.3) is 5.57 Å². The second-order valence-corrected chi connectivity index (χ2v) is 7.55. The number of nitrogens with zero attached hydrogens (tertiary/aromatic N) is 2. The molecule has 2 aromatic carbocycles. The molecule has 0 radical (unpaired) electrons. The zero-order valence-electron chi connectivity index (χ0n) is 16.5. The highest BCUT2D eigenvalue weighted by Crippen LogP contribution is 2.26. The number of nitriles is 1. The molecule has 0 saturated heterocycles. The first-order valence-corrected chi connectivity index (χ1v) is 10.2. The smallest absolute Gasteiger partial charge is 0.250 e. The molecule has 0 saturated carbocycles. The molecule has 0 atom stereocenters. The van der Waals surface area contributed by atoms with Crippen molar-refractivity contribution in [3.63, 3.8) is 0 Å². The van der Waals surface area contributed by atoms with E-state index < -0.39 is 5.91 Å². The van der Waals surface area contributed by atoms with Crippen molar-refractivity contribution in [2.75, 3.05) is 25.0 Å². The van der Waals surface area contributed by atoms with Crippen LogP contribution < -0.4 is 11.1 Å². The van der Waals surface area contributed by atoms with Crippen molar-refractivity contribution in [2.24, 2.45) is 5.73 Å². The first-order valence-electron chi connectivity index (χ1n) is 9.78. The Morgan fingerprint density at radius 3 is 2.60 bits per heavy atom. The van der Waals surface area contributed by atoms with E-state index in [9.17, 15) is 9.59 Å². The van der Waals surface area contributed by atoms with Crippen molar-refractivity contribution in [1.82, 2.24) is 4.90 Å². The highest BCUT2D eigenvalue weighted by atomic mass is 35.5. The Labute approximate surface area is 180 Å². The summed E-state index contributed by atoms with van der Waals surface area (Å²) in [5, 5.41) is 11.9. The zero-order chi connectivity index (χ0) is 21.5. The predicted octanol–water partition coefficient (Wildman–Crippen LogP) is 3.82. The molecule has 6 nitrogen and oxygen atoms in total. The molecule has 1 heterocycles. The Balaban J connectivity index is 1.47. The lowest BCUT2D eigenvalue weighted by atomic mass is 9.98. The second-order valence-electron chi connectivity index (χ2n) is 7.15. The van der Waals surface area contributed by atoms with Crippen LogP contribution in [0.1, 0.15) is 40.7 Å². The van der Waals surface area contributed by atoms with Gasteiger partial charge in [-0.3, -0.25) is 14.5 Å². The van der Waals surface area contributed by atoms with Gasteiger partial charge in [-0.25, -0.2) is 0 Å². The second kappa shape index (κ2) is 10.1. The Hall–Kier alpha value is -3.14. The fourth-order valence-electron chi connectivity index (χ4n) is 3.46. The highest BCUT2D eigenvalue weighted by molar-refractivity contribution is 6.34. The molecule has 154 valence electrons. The first-order chi connectivity index (χ1) is 14.5. The van der Waals surface area contributed by atoms with Crippen LogP contribution in [0.2, 0.25) is 5.02 Å². The lowest BCUT2D eigenvalue weighted by molar-refractivity contribution is -0.116. The number of halogens is 1. The van der Waals surface area contributed by atoms with Gasteiger partial charge >= 0.3 is 0 Å². The number of anilines is 1. The maximum Gasteiger partial charge on any atom is 0.250 e. The van der Waals surface area contributed by atoms with Crippen molar-refractivity contribution >= 4 is 34.7 Å². The minimum absolute atomic E-state index is 0.198. The summed E-state index contributed by atoms with van der Waals surface area (Å²) >= 11 is 6.10. The average molecular weight is 423 g/mol. The lowest BCUT2D eigenvalue weighted by Gasteiger charge is -2.26. The Morgan fingerprint density at radius 2 is 1.97 bits per heavy atom. The molecule has 0 unspecified atom stereocenters. The van der Waals surface area contributed by atoms with Crippen molar-refractivity contribution in [3.8, 4) is 6.07 Å². The molecule has 2 aromatic rings. The molecular weight excluding hydrogens is 400 g/mol. The van der Waals surface area contributed by atoms with Crippen LogP contribution in [-0.2, 0) is 4.79 Å². The first kappa shape index (κ1) is 21.6. The van der Waals surface area contributed by atoms with E-state index in [0.717, 1.165) is 31.6 Å². The van der Waals surface area contributed by atoms with E-state index in [2.05, 4.69) is 22.4 Å². The van der Waals surface area contributed by atoms with Gasteiger partial charge in [0.15, 0.2) is 0 Å². The number of primary amides is 1. The molecule has 3 N–H and O–H groups in total. The third-order valence-corrected chi connectivity index (χ3v) is 5.41. The summed E-state index contributed by atoms with van der Waals surface area (Å²) in [4.78, 5) is 26.1. The maximum absolute atomic E-state index is 12.3. The number of carbonyl (C=O) groups is 2. The molecule has 1 aliphatic heterocycles. The van der Waals surface area contributed by atoms with Crippen molar-refractivity contribution in [2.45, 2.75) is 19.3 Å². The number of hydrogen-bond donors (Lipinski definition) is 2. The van der Waals surface area contributed by atoms with Crippen LogP contribution in [0.5, 0.6) is 0 Å². The van der Waals surface area contributed by atoms with Gasteiger partial charge < -0.3 is 11.1 Å². The molecule has 0 fully saturated rings. The summed E-state index contributed by atoms with van der Waals surface area (Å²) in [6.07, 6.45) is 4.15. The van der Waals surface area contributed by atoms with Crippen LogP contribution in [-0.4, -0.2) is 36.3 Å². The van der Waals surface area contributed by atoms with E-state index in [4.69, 9.17) is 22.6 Å². The third-order valence-electron chi connectivity index (χ3n) is 5.10. The topological polar surface area (TPSA) is 99.2 Å². The SMILES string of the molecule is N#Cc1ccc(C2=CCN(CCCC(=O)Nc3c(Cl)cccc3C(N)=O)CC2)cc1. The van der Waals surface area contributed by atoms with E-state index in [1.165, 1.54) is 11.6 Å². The van der Waals surface area contributed by atoms with E-state index in [1.807, 2.05) is 24.3 Å². The monoisotopic (exact) mass is 422 g/mol. The minimum Gasteiger partial charge on any atom is -0.366 e. The van der Waals surface area contributed by atoms with Gasteiger partial charge in [-0.1, -0.05) is 35.9 Å². The highest BCUT2D eigenvalue weighted by Gasteiger charge is 2.16. The zero-order valence-corrected chi connectivity index (χ0v) is 17.3. The molecule has 0 aliphatic carbocycles. The molecule has 0 spiro atoms. The quantitative estimate of drug-likeness (QED) is 0.708. The van der Waals surface area contributed by atoms with Gasteiger partial charge in [-0.05, 0) is 54.8 Å². The number of nitrogens with one attached hydrogen (secondary N) is 1. The summed E-state index contributed by atoms with van der Waals surface area (Å²) in [6, 6.07) is 14.5. The van der Waals surface area contributed by atoms with E-state index in [0.29, 0.717) is 18.4 Å². The Morgan fingerprint density at radius 1 is 1.20 bits per heavy atom. The third kappa shape index (κ3) is 5.47. The number of para-hydroxylation sites is 1. The number of nitrogens with two attached hydrogens (primary N) is 1. The Kier molecular flexibility index (Phi) is 7.23. The van der Waals surface area contributed by atoms with E-state index in [-0.39, 0.29) is 22.2 Å². The van der Waals surface area contributed by atoms with Crippen molar-refractivity contribution in [1.29, 1.82) is 5.26 Å². The van der Waals surface area contributed by atoms with Gasteiger partial charge in [-0.2, -0.15) is 5.26 Å². The minimum atomic E-state index is -0.633. The van der Waals surface area contributed by atoms with Crippen LogP contribution in [0.15, 0.2) is 48.5 Å². The maximum atomic E-state index is 12.3. The van der Waals surface area contributed by atoms with E-state index >= 15 is 0 Å². The van der Waals surface area contributed by atoms with Gasteiger partial charge in [-0.15, -0.1) is 0 Å². The summed E-state index contributed by atoms with van der Waals surface area (Å²) in [5.41, 5.74) is 8.92. The fraction of sp³-hybridized carbons (Fsp3) is 0.261. The number of hydrogen-bond acceptors (Lipinski definition) is 4. The van der Waals surface area contributed by atoms with Crippen LogP contribution >= 0.6 is 11.6 Å². The molecule has 30 heavy (non-hydrogen) atoms. The summed E-state index contributed by atoms with van der Waals surface area (Å²) in [5.74, 6) is -0.831. The molecule has 0 aromatic heterocycles. The molecule has 0 bridgehead atoms. The van der Waals surface area contributed by atoms with E-state index in [1.54, 1.807) is 12.1 Å². The van der Waals surface area contributed by atoms with Crippen LogP contribution in [0, 0.1) is 11.3 Å². The largest absolute Gasteiger partial charge is 0.366 e. The molecule has 2 amide bonds. The van der Waals surface area contributed by atoms with Gasteiger partial charge in [0.2, 0.25) is 5.91 Å². The average Bonchev–Trinajstić information content (AvgIpc) is 2.75. The number of benzene rings is 2. The fourth-order valence-corrected chi connectivity index (χ4v) is 3.68. The Bertz CT molecular complexity index is 1010. The summed E-state index contributed by atoms with van der Waals surface area (Å²) < 4.78 is 0. The molecule has 1 aliphatic rings. The van der Waals surface area contributed by atoms with Gasteiger partial charge in [0.25, 0.3) is 5.91 Å². The van der Waals surface area contributed by atoms with Crippen LogP contribution in [0.4, 0.5) is 5.69 Å². The molecular formula is C23H23ClN4O2. The van der Waals surface area contributed by atoms with Gasteiger partial charge in [0.05, 0.1) is 27.9 Å².